The lowest BCUT2D eigenvalue weighted by molar-refractivity contribution is -0.384. The van der Waals surface area contributed by atoms with Crippen LogP contribution in [0.5, 0.6) is 0 Å². The van der Waals surface area contributed by atoms with Crippen LogP contribution >= 0.6 is 11.6 Å². The summed E-state index contributed by atoms with van der Waals surface area (Å²) in [7, 11) is 1.85. The number of nitrogen functional groups attached to an aromatic ring is 1. The van der Waals surface area contributed by atoms with Crippen LogP contribution in [0, 0.1) is 10.1 Å². The van der Waals surface area contributed by atoms with Crippen molar-refractivity contribution in [3.8, 4) is 0 Å². The number of anilines is 2. The van der Waals surface area contributed by atoms with Crippen LogP contribution in [0.2, 0.25) is 5.02 Å². The molecule has 1 unspecified atom stereocenters. The minimum atomic E-state index is -0.547. The first-order chi connectivity index (χ1) is 9.90. The van der Waals surface area contributed by atoms with Gasteiger partial charge in [0, 0.05) is 18.1 Å². The number of hydrogen-bond donors (Lipinski definition) is 1. The van der Waals surface area contributed by atoms with E-state index in [1.165, 1.54) is 6.07 Å². The molecular formula is C14H15ClN4O2. The zero-order valence-electron chi connectivity index (χ0n) is 11.7. The largest absolute Gasteiger partial charge is 0.378 e. The third-order valence-electron chi connectivity index (χ3n) is 3.38. The molecule has 7 heteroatoms. The zero-order chi connectivity index (χ0) is 15.6. The predicted octanol–water partition coefficient (Wildman–Crippen LogP) is 3.42. The Kier molecular flexibility index (Phi) is 4.28. The van der Waals surface area contributed by atoms with E-state index < -0.39 is 4.92 Å². The van der Waals surface area contributed by atoms with Gasteiger partial charge in [-0.1, -0.05) is 23.7 Å². The molecule has 1 aromatic heterocycles. The fourth-order valence-electron chi connectivity index (χ4n) is 1.97. The molecule has 6 nitrogen and oxygen atoms in total. The van der Waals surface area contributed by atoms with E-state index in [1.807, 2.05) is 43.1 Å². The van der Waals surface area contributed by atoms with Crippen molar-refractivity contribution in [1.82, 2.24) is 4.98 Å². The number of pyridine rings is 1. The molecule has 21 heavy (non-hydrogen) atoms. The Labute approximate surface area is 127 Å². The molecule has 0 saturated carbocycles. The highest BCUT2D eigenvalue weighted by atomic mass is 35.5. The second-order valence-electron chi connectivity index (χ2n) is 4.67. The van der Waals surface area contributed by atoms with Crippen LogP contribution < -0.4 is 10.6 Å². The summed E-state index contributed by atoms with van der Waals surface area (Å²) in [6, 6.07) is 10.5. The van der Waals surface area contributed by atoms with Crippen molar-refractivity contribution in [3.63, 3.8) is 0 Å². The minimum Gasteiger partial charge on any atom is -0.378 e. The maximum Gasteiger partial charge on any atom is 0.311 e. The second kappa shape index (κ2) is 5.97. The summed E-state index contributed by atoms with van der Waals surface area (Å²) in [5.41, 5.74) is 6.49. The van der Waals surface area contributed by atoms with Gasteiger partial charge in [-0.2, -0.15) is 0 Å². The third kappa shape index (κ3) is 3.22. The molecule has 0 aliphatic carbocycles. The van der Waals surface area contributed by atoms with Crippen molar-refractivity contribution in [1.29, 1.82) is 0 Å². The number of nitro groups is 1. The van der Waals surface area contributed by atoms with E-state index in [1.54, 1.807) is 6.07 Å². The van der Waals surface area contributed by atoms with E-state index in [0.717, 1.165) is 5.56 Å². The number of nitrogens with two attached hydrogens (primary N) is 1. The SMILES string of the molecule is CC(c1ccc(Cl)cc1)N(C)c1ccc([N+](=O)[O-])c(N)n1. The van der Waals surface area contributed by atoms with Crippen LogP contribution in [-0.4, -0.2) is 17.0 Å². The van der Waals surface area contributed by atoms with Gasteiger partial charge in [0.25, 0.3) is 0 Å². The van der Waals surface area contributed by atoms with E-state index >= 15 is 0 Å². The van der Waals surface area contributed by atoms with Gasteiger partial charge in [-0.25, -0.2) is 4.98 Å². The fraction of sp³-hybridized carbons (Fsp3) is 0.214. The van der Waals surface area contributed by atoms with Crippen LogP contribution in [0.25, 0.3) is 0 Å². The van der Waals surface area contributed by atoms with Gasteiger partial charge in [0.15, 0.2) is 0 Å². The Morgan fingerprint density at radius 3 is 2.43 bits per heavy atom. The maximum absolute atomic E-state index is 10.7. The first-order valence-electron chi connectivity index (χ1n) is 6.29. The van der Waals surface area contributed by atoms with Crippen molar-refractivity contribution >= 4 is 28.9 Å². The Bertz CT molecular complexity index is 661. The molecule has 0 saturated heterocycles. The van der Waals surface area contributed by atoms with Gasteiger partial charge < -0.3 is 10.6 Å². The molecule has 1 heterocycles. The lowest BCUT2D eigenvalue weighted by Crippen LogP contribution is -2.23. The summed E-state index contributed by atoms with van der Waals surface area (Å²) in [5.74, 6) is 0.480. The number of rotatable bonds is 4. The summed E-state index contributed by atoms with van der Waals surface area (Å²) >= 11 is 5.87. The molecule has 0 aliphatic rings. The number of aromatic nitrogens is 1. The van der Waals surface area contributed by atoms with Crippen LogP contribution in [0.3, 0.4) is 0 Å². The van der Waals surface area contributed by atoms with Gasteiger partial charge in [0.1, 0.15) is 5.82 Å². The number of hydrogen-bond acceptors (Lipinski definition) is 5. The molecule has 2 aromatic rings. The Morgan fingerprint density at radius 1 is 1.29 bits per heavy atom. The second-order valence-corrected chi connectivity index (χ2v) is 5.11. The number of halogens is 1. The first kappa shape index (κ1) is 15.1. The molecule has 0 radical (unpaired) electrons. The van der Waals surface area contributed by atoms with E-state index in [0.29, 0.717) is 10.8 Å². The first-order valence-corrected chi connectivity index (χ1v) is 6.67. The average Bonchev–Trinajstić information content (AvgIpc) is 2.46. The van der Waals surface area contributed by atoms with Gasteiger partial charge in [-0.05, 0) is 30.7 Å². The van der Waals surface area contributed by atoms with Crippen LogP contribution in [0.4, 0.5) is 17.3 Å². The van der Waals surface area contributed by atoms with Gasteiger partial charge in [-0.3, -0.25) is 10.1 Å². The quantitative estimate of drug-likeness (QED) is 0.691. The molecule has 0 amide bonds. The zero-order valence-corrected chi connectivity index (χ0v) is 12.4. The highest BCUT2D eigenvalue weighted by Crippen LogP contribution is 2.28. The molecule has 110 valence electrons. The third-order valence-corrected chi connectivity index (χ3v) is 3.63. The molecule has 1 aromatic carbocycles. The molecule has 0 spiro atoms. The highest BCUT2D eigenvalue weighted by Gasteiger charge is 2.18. The smallest absolute Gasteiger partial charge is 0.311 e. The Balaban J connectivity index is 2.27. The van der Waals surface area contributed by atoms with Crippen LogP contribution in [0.1, 0.15) is 18.5 Å². The molecule has 0 fully saturated rings. The fourth-order valence-corrected chi connectivity index (χ4v) is 2.10. The summed E-state index contributed by atoms with van der Waals surface area (Å²) in [5, 5.41) is 11.4. The average molecular weight is 307 g/mol. The highest BCUT2D eigenvalue weighted by molar-refractivity contribution is 6.30. The van der Waals surface area contributed by atoms with Gasteiger partial charge in [0.2, 0.25) is 5.82 Å². The van der Waals surface area contributed by atoms with Gasteiger partial charge in [0.05, 0.1) is 11.0 Å². The monoisotopic (exact) mass is 306 g/mol. The molecule has 2 rings (SSSR count). The molecule has 0 aliphatic heterocycles. The Morgan fingerprint density at radius 2 is 1.90 bits per heavy atom. The Hall–Kier alpha value is -2.34. The lowest BCUT2D eigenvalue weighted by atomic mass is 10.1. The molecule has 0 bridgehead atoms. The van der Waals surface area contributed by atoms with E-state index in [2.05, 4.69) is 4.98 Å². The van der Waals surface area contributed by atoms with Gasteiger partial charge >= 0.3 is 5.69 Å². The van der Waals surface area contributed by atoms with Crippen LogP contribution in [-0.2, 0) is 0 Å². The van der Waals surface area contributed by atoms with Crippen LogP contribution in [0.15, 0.2) is 36.4 Å². The summed E-state index contributed by atoms with van der Waals surface area (Å²) in [6.07, 6.45) is 0. The predicted molar refractivity (Wildman–Crippen MR) is 83.6 cm³/mol. The van der Waals surface area contributed by atoms with Crippen molar-refractivity contribution in [3.05, 3.63) is 57.1 Å². The van der Waals surface area contributed by atoms with E-state index in [4.69, 9.17) is 17.3 Å². The standard InChI is InChI=1S/C14H15ClN4O2/c1-9(10-3-5-11(15)6-4-10)18(2)13-8-7-12(19(20)21)14(16)17-13/h3-9H,1-2H3,(H2,16,17). The molecule has 2 N–H and O–H groups in total. The minimum absolute atomic E-state index is 0.0237. The summed E-state index contributed by atoms with van der Waals surface area (Å²) in [4.78, 5) is 16.2. The maximum atomic E-state index is 10.7. The normalized spacial score (nSPS) is 12.0. The van der Waals surface area contributed by atoms with Crippen molar-refractivity contribution < 1.29 is 4.92 Å². The topological polar surface area (TPSA) is 85.3 Å². The van der Waals surface area contributed by atoms with E-state index in [9.17, 15) is 10.1 Å². The molecule has 1 atom stereocenters. The van der Waals surface area contributed by atoms with Crippen molar-refractivity contribution in [2.75, 3.05) is 17.7 Å². The summed E-state index contributed by atoms with van der Waals surface area (Å²) < 4.78 is 0. The van der Waals surface area contributed by atoms with Crippen molar-refractivity contribution in [2.24, 2.45) is 0 Å². The van der Waals surface area contributed by atoms with Gasteiger partial charge in [-0.15, -0.1) is 0 Å². The van der Waals surface area contributed by atoms with Crippen molar-refractivity contribution in [2.45, 2.75) is 13.0 Å². The van der Waals surface area contributed by atoms with E-state index in [-0.39, 0.29) is 17.5 Å². The number of nitrogens with zero attached hydrogens (tertiary/aromatic N) is 3. The lowest BCUT2D eigenvalue weighted by Gasteiger charge is -2.26. The summed E-state index contributed by atoms with van der Waals surface area (Å²) in [6.45, 7) is 2.00. The molecular weight excluding hydrogens is 292 g/mol. The number of benzene rings is 1.